The average molecular weight is 286 g/mol. The lowest BCUT2D eigenvalue weighted by molar-refractivity contribution is -0.146. The number of carbonyl (C=O) groups is 2. The van der Waals surface area contributed by atoms with Crippen LogP contribution in [0.15, 0.2) is 60.7 Å². The maximum Gasteiger partial charge on any atom is 0.370 e. The fourth-order valence-corrected chi connectivity index (χ4v) is 1.58. The highest BCUT2D eigenvalue weighted by atomic mass is 16.7. The van der Waals surface area contributed by atoms with E-state index in [1.807, 2.05) is 6.07 Å². The molecule has 0 aliphatic carbocycles. The molecule has 2 aromatic carbocycles. The normalized spacial score (nSPS) is 9.71. The lowest BCUT2D eigenvalue weighted by atomic mass is 10.3. The molecule has 0 fully saturated rings. The Morgan fingerprint density at radius 1 is 0.952 bits per heavy atom. The summed E-state index contributed by atoms with van der Waals surface area (Å²) in [6.07, 6.45) is 0. The van der Waals surface area contributed by atoms with Crippen molar-refractivity contribution < 1.29 is 19.2 Å². The van der Waals surface area contributed by atoms with E-state index in [2.05, 4.69) is 0 Å². The van der Waals surface area contributed by atoms with Gasteiger partial charge in [0.15, 0.2) is 6.61 Å². The molecule has 0 radical (unpaired) electrons. The SMILES string of the molecule is NC(=O)N(OC(=O)COc1ccccc1)c1ccccc1. The summed E-state index contributed by atoms with van der Waals surface area (Å²) in [5.41, 5.74) is 5.55. The second-order valence-corrected chi connectivity index (χ2v) is 4.03. The zero-order chi connectivity index (χ0) is 15.1. The first-order valence-corrected chi connectivity index (χ1v) is 6.20. The third kappa shape index (κ3) is 4.24. The minimum atomic E-state index is -0.894. The number of ether oxygens (including phenoxy) is 1. The maximum absolute atomic E-state index is 11.7. The Bertz CT molecular complexity index is 602. The van der Waals surface area contributed by atoms with E-state index in [0.717, 1.165) is 5.06 Å². The quantitative estimate of drug-likeness (QED) is 0.873. The number of para-hydroxylation sites is 2. The standard InChI is InChI=1S/C15H14N2O4/c16-15(19)17(12-7-3-1-4-8-12)21-14(18)11-20-13-9-5-2-6-10-13/h1-10H,11H2,(H2,16,19). The van der Waals surface area contributed by atoms with E-state index in [0.29, 0.717) is 11.4 Å². The molecule has 6 nitrogen and oxygen atoms in total. The Hall–Kier alpha value is -3.02. The molecule has 0 aliphatic rings. The third-order valence-electron chi connectivity index (χ3n) is 2.48. The molecule has 0 atom stereocenters. The van der Waals surface area contributed by atoms with Crippen molar-refractivity contribution in [3.05, 3.63) is 60.7 Å². The molecule has 0 spiro atoms. The predicted octanol–water partition coefficient (Wildman–Crippen LogP) is 2.11. The number of amides is 2. The first kappa shape index (κ1) is 14.4. The molecule has 108 valence electrons. The number of nitrogens with zero attached hydrogens (tertiary/aromatic N) is 1. The number of hydrogen-bond donors (Lipinski definition) is 1. The molecule has 0 unspecified atom stereocenters. The number of urea groups is 1. The van der Waals surface area contributed by atoms with E-state index in [9.17, 15) is 9.59 Å². The van der Waals surface area contributed by atoms with Crippen LogP contribution in [0.25, 0.3) is 0 Å². The second kappa shape index (κ2) is 6.95. The van der Waals surface area contributed by atoms with Gasteiger partial charge >= 0.3 is 12.0 Å². The molecule has 2 N–H and O–H groups in total. The van der Waals surface area contributed by atoms with Gasteiger partial charge in [-0.3, -0.25) is 0 Å². The highest BCUT2D eigenvalue weighted by molar-refractivity contribution is 5.91. The van der Waals surface area contributed by atoms with E-state index < -0.39 is 12.0 Å². The smallest absolute Gasteiger partial charge is 0.370 e. The van der Waals surface area contributed by atoms with Crippen LogP contribution in [0.4, 0.5) is 10.5 Å². The molecule has 2 aromatic rings. The Morgan fingerprint density at radius 2 is 1.52 bits per heavy atom. The molecule has 0 heterocycles. The van der Waals surface area contributed by atoms with Crippen molar-refractivity contribution in [2.75, 3.05) is 11.7 Å². The summed E-state index contributed by atoms with van der Waals surface area (Å²) >= 11 is 0. The van der Waals surface area contributed by atoms with Crippen LogP contribution in [0.2, 0.25) is 0 Å². The highest BCUT2D eigenvalue weighted by Crippen LogP contribution is 2.14. The van der Waals surface area contributed by atoms with Gasteiger partial charge in [0.1, 0.15) is 5.75 Å². The van der Waals surface area contributed by atoms with Gasteiger partial charge in [0.25, 0.3) is 0 Å². The second-order valence-electron chi connectivity index (χ2n) is 4.03. The Morgan fingerprint density at radius 3 is 2.10 bits per heavy atom. The summed E-state index contributed by atoms with van der Waals surface area (Å²) in [4.78, 5) is 28.0. The topological polar surface area (TPSA) is 81.9 Å². The van der Waals surface area contributed by atoms with Crippen LogP contribution in [0, 0.1) is 0 Å². The average Bonchev–Trinajstić information content (AvgIpc) is 2.52. The molecule has 2 rings (SSSR count). The van der Waals surface area contributed by atoms with E-state index >= 15 is 0 Å². The Balaban J connectivity index is 1.95. The van der Waals surface area contributed by atoms with E-state index in [-0.39, 0.29) is 6.61 Å². The lowest BCUT2D eigenvalue weighted by Gasteiger charge is -2.18. The Labute approximate surface area is 121 Å². The minimum Gasteiger partial charge on any atom is -0.482 e. The number of nitrogens with two attached hydrogens (primary N) is 1. The molecular formula is C15H14N2O4. The van der Waals surface area contributed by atoms with Crippen molar-refractivity contribution in [3.63, 3.8) is 0 Å². The molecule has 0 aliphatic heterocycles. The predicted molar refractivity (Wildman–Crippen MR) is 76.5 cm³/mol. The van der Waals surface area contributed by atoms with Crippen LogP contribution in [0.3, 0.4) is 0 Å². The summed E-state index contributed by atoms with van der Waals surface area (Å²) in [6, 6.07) is 16.2. The van der Waals surface area contributed by atoms with Gasteiger partial charge in [-0.2, -0.15) is 0 Å². The lowest BCUT2D eigenvalue weighted by Crippen LogP contribution is -2.39. The number of carbonyl (C=O) groups excluding carboxylic acids is 2. The minimum absolute atomic E-state index is 0.333. The summed E-state index contributed by atoms with van der Waals surface area (Å²) in [6.45, 7) is -0.333. The molecule has 0 bridgehead atoms. The van der Waals surface area contributed by atoms with Crippen molar-refractivity contribution in [1.29, 1.82) is 0 Å². The molecule has 0 aromatic heterocycles. The molecule has 0 saturated heterocycles. The number of primary amides is 1. The number of hydrogen-bond acceptors (Lipinski definition) is 4. The van der Waals surface area contributed by atoms with Crippen LogP contribution in [-0.4, -0.2) is 18.6 Å². The first-order chi connectivity index (χ1) is 10.2. The van der Waals surface area contributed by atoms with E-state index in [4.69, 9.17) is 15.3 Å². The molecular weight excluding hydrogens is 272 g/mol. The first-order valence-electron chi connectivity index (χ1n) is 6.20. The number of benzene rings is 2. The van der Waals surface area contributed by atoms with Crippen LogP contribution in [0.5, 0.6) is 5.75 Å². The van der Waals surface area contributed by atoms with Gasteiger partial charge in [-0.05, 0) is 24.3 Å². The van der Waals surface area contributed by atoms with Crippen molar-refractivity contribution in [1.82, 2.24) is 0 Å². The Kier molecular flexibility index (Phi) is 4.76. The summed E-state index contributed by atoms with van der Waals surface area (Å²) < 4.78 is 5.23. The van der Waals surface area contributed by atoms with Gasteiger partial charge in [0.05, 0.1) is 5.69 Å². The van der Waals surface area contributed by atoms with Gasteiger partial charge in [-0.15, -0.1) is 5.06 Å². The van der Waals surface area contributed by atoms with Crippen molar-refractivity contribution in [2.24, 2.45) is 5.73 Å². The monoisotopic (exact) mass is 286 g/mol. The number of hydroxylamine groups is 1. The van der Waals surface area contributed by atoms with Crippen molar-refractivity contribution in [2.45, 2.75) is 0 Å². The van der Waals surface area contributed by atoms with E-state index in [1.165, 1.54) is 0 Å². The third-order valence-corrected chi connectivity index (χ3v) is 2.48. The van der Waals surface area contributed by atoms with Gasteiger partial charge in [-0.25, -0.2) is 9.59 Å². The van der Waals surface area contributed by atoms with Crippen molar-refractivity contribution >= 4 is 17.7 Å². The van der Waals surface area contributed by atoms with Crippen LogP contribution in [0.1, 0.15) is 0 Å². The van der Waals surface area contributed by atoms with Crippen LogP contribution in [-0.2, 0) is 9.63 Å². The maximum atomic E-state index is 11.7. The van der Waals surface area contributed by atoms with E-state index in [1.54, 1.807) is 54.6 Å². The summed E-state index contributed by atoms with van der Waals surface area (Å²) in [5.74, 6) is -0.207. The van der Waals surface area contributed by atoms with Crippen LogP contribution >= 0.6 is 0 Å². The molecule has 0 saturated carbocycles. The molecule has 2 amide bonds. The fraction of sp³-hybridized carbons (Fsp3) is 0.0667. The zero-order valence-electron chi connectivity index (χ0n) is 11.1. The van der Waals surface area contributed by atoms with Gasteiger partial charge in [0.2, 0.25) is 0 Å². The summed E-state index contributed by atoms with van der Waals surface area (Å²) in [7, 11) is 0. The number of anilines is 1. The number of rotatable bonds is 4. The van der Waals surface area contributed by atoms with Gasteiger partial charge in [0, 0.05) is 0 Å². The largest absolute Gasteiger partial charge is 0.482 e. The molecule has 21 heavy (non-hydrogen) atoms. The van der Waals surface area contributed by atoms with Crippen LogP contribution < -0.4 is 15.5 Å². The van der Waals surface area contributed by atoms with Gasteiger partial charge in [-0.1, -0.05) is 36.4 Å². The summed E-state index contributed by atoms with van der Waals surface area (Å²) in [5, 5.41) is 0.719. The highest BCUT2D eigenvalue weighted by Gasteiger charge is 2.18. The molecule has 6 heteroatoms. The zero-order valence-corrected chi connectivity index (χ0v) is 11.1. The van der Waals surface area contributed by atoms with Crippen molar-refractivity contribution in [3.8, 4) is 5.75 Å². The fourth-order valence-electron chi connectivity index (χ4n) is 1.58. The van der Waals surface area contributed by atoms with Gasteiger partial charge < -0.3 is 15.3 Å².